The molecule has 0 aromatic carbocycles. The summed E-state index contributed by atoms with van der Waals surface area (Å²) >= 11 is 0. The summed E-state index contributed by atoms with van der Waals surface area (Å²) in [7, 11) is 0. The van der Waals surface area contributed by atoms with Gasteiger partial charge in [0.25, 0.3) is 0 Å². The molecule has 0 amide bonds. The molecule has 64 valence electrons. The van der Waals surface area contributed by atoms with Gasteiger partial charge >= 0.3 is 11.9 Å². The fraction of sp³-hybridized carbons (Fsp3) is 0.333. The van der Waals surface area contributed by atoms with Gasteiger partial charge in [0, 0.05) is 64.7 Å². The Morgan fingerprint density at radius 3 is 1.54 bits per heavy atom. The number of hydrogen-bond acceptors (Lipinski definition) is 3. The molecule has 3 N–H and O–H groups in total. The van der Waals surface area contributed by atoms with Crippen LogP contribution in [0.3, 0.4) is 0 Å². The van der Waals surface area contributed by atoms with Crippen molar-refractivity contribution >= 4 is 71.1 Å². The van der Waals surface area contributed by atoms with Crippen LogP contribution in [-0.2, 0) is 9.59 Å². The molecule has 13 heavy (non-hydrogen) atoms. The molecule has 0 bridgehead atoms. The van der Waals surface area contributed by atoms with E-state index in [0.29, 0.717) is 0 Å². The van der Waals surface area contributed by atoms with E-state index >= 15 is 0 Å². The molecule has 0 aliphatic carbocycles. The zero-order valence-corrected chi connectivity index (χ0v) is 11.9. The van der Waals surface area contributed by atoms with Gasteiger partial charge in [-0.2, -0.15) is 0 Å². The Balaban J connectivity index is -0.000000500. The molecule has 5 nitrogen and oxygen atoms in total. The van der Waals surface area contributed by atoms with Crippen LogP contribution in [0.2, 0.25) is 0 Å². The number of aliphatic hydroxyl groups is 1. The first-order valence-corrected chi connectivity index (χ1v) is 2.78. The molecule has 0 aromatic rings. The molecular formula is C6H8Na2O5. The Hall–Kier alpha value is 0.640. The van der Waals surface area contributed by atoms with Crippen molar-refractivity contribution in [1.82, 2.24) is 0 Å². The fourth-order valence-electron chi connectivity index (χ4n) is 0.476. The molecule has 0 atom stereocenters. The number of carboxylic acids is 2. The first-order valence-electron chi connectivity index (χ1n) is 2.78. The van der Waals surface area contributed by atoms with Gasteiger partial charge in [0.2, 0.25) is 0 Å². The van der Waals surface area contributed by atoms with Crippen molar-refractivity contribution in [3.8, 4) is 0 Å². The number of hydrogen-bond donors (Lipinski definition) is 3. The maximum Gasteiger partial charge on any atom is 0.334 e. The van der Waals surface area contributed by atoms with Gasteiger partial charge in [0.1, 0.15) is 0 Å². The first-order chi connectivity index (χ1) is 5.00. The predicted molar refractivity (Wildman–Crippen MR) is 46.6 cm³/mol. The van der Waals surface area contributed by atoms with Crippen LogP contribution in [0.4, 0.5) is 0 Å². The molecule has 0 heterocycles. The normalized spacial score (nSPS) is 10.3. The summed E-state index contributed by atoms with van der Waals surface area (Å²) < 4.78 is 0. The first kappa shape index (κ1) is 19.2. The van der Waals surface area contributed by atoms with Gasteiger partial charge in [-0.05, 0) is 6.92 Å². The average molecular weight is 206 g/mol. The maximum atomic E-state index is 10.2. The van der Waals surface area contributed by atoms with Crippen molar-refractivity contribution in [3.63, 3.8) is 0 Å². The van der Waals surface area contributed by atoms with Crippen molar-refractivity contribution in [2.45, 2.75) is 6.92 Å². The Kier molecular flexibility index (Phi) is 13.6. The molecule has 0 saturated heterocycles. The summed E-state index contributed by atoms with van der Waals surface area (Å²) in [4.78, 5) is 20.4. The van der Waals surface area contributed by atoms with Gasteiger partial charge in [0.15, 0.2) is 0 Å². The van der Waals surface area contributed by atoms with Crippen LogP contribution in [0.15, 0.2) is 11.1 Å². The molecule has 0 unspecified atom stereocenters. The van der Waals surface area contributed by atoms with E-state index in [4.69, 9.17) is 15.3 Å². The van der Waals surface area contributed by atoms with Crippen molar-refractivity contribution < 1.29 is 24.9 Å². The summed E-state index contributed by atoms with van der Waals surface area (Å²) in [5.74, 6) is -2.75. The van der Waals surface area contributed by atoms with Gasteiger partial charge in [-0.25, -0.2) is 9.59 Å². The van der Waals surface area contributed by atoms with Crippen molar-refractivity contribution in [3.05, 3.63) is 11.1 Å². The molecule has 0 aromatic heterocycles. The van der Waals surface area contributed by atoms with Gasteiger partial charge in [-0.15, -0.1) is 0 Å². The number of carbonyl (C=O) groups is 2. The minimum atomic E-state index is -1.41. The Morgan fingerprint density at radius 2 is 1.46 bits per heavy atom. The topological polar surface area (TPSA) is 94.8 Å². The molecular weight excluding hydrogens is 198 g/mol. The summed E-state index contributed by atoms with van der Waals surface area (Å²) in [6.45, 7) is 0.357. The minimum Gasteiger partial charge on any atom is -0.478 e. The Labute approximate surface area is 119 Å². The molecule has 0 spiro atoms. The summed E-state index contributed by atoms with van der Waals surface area (Å²) in [5.41, 5.74) is -0.836. The smallest absolute Gasteiger partial charge is 0.334 e. The third-order valence-electron chi connectivity index (χ3n) is 1.19. The van der Waals surface area contributed by atoms with E-state index in [2.05, 4.69) is 0 Å². The Morgan fingerprint density at radius 1 is 1.08 bits per heavy atom. The molecule has 0 fully saturated rings. The zero-order valence-electron chi connectivity index (χ0n) is 7.87. The van der Waals surface area contributed by atoms with E-state index in [1.165, 1.54) is 0 Å². The maximum absolute atomic E-state index is 10.2. The SMILES string of the molecule is C/C(C(=O)O)=C(\CO)C(=O)O.[Na].[Na]. The summed E-state index contributed by atoms with van der Waals surface area (Å²) in [6.07, 6.45) is 0. The third-order valence-corrected chi connectivity index (χ3v) is 1.19. The molecule has 0 aliphatic rings. The third kappa shape index (κ3) is 6.68. The van der Waals surface area contributed by atoms with Gasteiger partial charge in [-0.1, -0.05) is 0 Å². The summed E-state index contributed by atoms with van der Waals surface area (Å²) in [6, 6.07) is 0. The standard InChI is InChI=1S/C6H8O5.2Na/c1-3(5(8)9)4(2-7)6(10)11;;/h7H,2H2,1H3,(H,8,9)(H,10,11);;/b4-3-;;. The van der Waals surface area contributed by atoms with Crippen LogP contribution in [-0.4, -0.2) is 93.0 Å². The largest absolute Gasteiger partial charge is 0.478 e. The molecule has 0 aliphatic heterocycles. The van der Waals surface area contributed by atoms with E-state index in [1.807, 2.05) is 0 Å². The van der Waals surface area contributed by atoms with Crippen LogP contribution in [0.5, 0.6) is 0 Å². The van der Waals surface area contributed by atoms with Crippen LogP contribution >= 0.6 is 0 Å². The van der Waals surface area contributed by atoms with Crippen LogP contribution in [0.1, 0.15) is 6.92 Å². The van der Waals surface area contributed by atoms with E-state index in [-0.39, 0.29) is 64.7 Å². The van der Waals surface area contributed by atoms with E-state index in [1.54, 1.807) is 0 Å². The van der Waals surface area contributed by atoms with E-state index in [9.17, 15) is 9.59 Å². The molecule has 2 radical (unpaired) electrons. The second-order valence-corrected chi connectivity index (χ2v) is 1.87. The second-order valence-electron chi connectivity index (χ2n) is 1.87. The van der Waals surface area contributed by atoms with Gasteiger partial charge in [0.05, 0.1) is 12.2 Å². The molecule has 0 rings (SSSR count). The molecule has 7 heteroatoms. The van der Waals surface area contributed by atoms with E-state index < -0.39 is 24.1 Å². The second kappa shape index (κ2) is 9.21. The number of aliphatic carboxylic acids is 2. The summed E-state index contributed by atoms with van der Waals surface area (Å²) in [5, 5.41) is 25.0. The van der Waals surface area contributed by atoms with Crippen LogP contribution in [0, 0.1) is 0 Å². The van der Waals surface area contributed by atoms with Crippen LogP contribution in [0.25, 0.3) is 0 Å². The zero-order chi connectivity index (χ0) is 9.02. The molecule has 0 saturated carbocycles. The van der Waals surface area contributed by atoms with Crippen molar-refractivity contribution in [2.24, 2.45) is 0 Å². The predicted octanol–water partition coefficient (Wildman–Crippen LogP) is -1.30. The average Bonchev–Trinajstić information content (AvgIpc) is 1.88. The number of rotatable bonds is 3. The monoisotopic (exact) mass is 206 g/mol. The number of aliphatic hydroxyl groups excluding tert-OH is 1. The van der Waals surface area contributed by atoms with Gasteiger partial charge in [-0.3, -0.25) is 0 Å². The Bertz CT molecular complexity index is 223. The van der Waals surface area contributed by atoms with Gasteiger partial charge < -0.3 is 15.3 Å². The minimum absolute atomic E-state index is 0. The quantitative estimate of drug-likeness (QED) is 0.394. The number of carboxylic acid groups (broad SMARTS) is 2. The van der Waals surface area contributed by atoms with Crippen LogP contribution < -0.4 is 0 Å². The van der Waals surface area contributed by atoms with Crippen molar-refractivity contribution in [2.75, 3.05) is 6.61 Å². The van der Waals surface area contributed by atoms with Crippen molar-refractivity contribution in [1.29, 1.82) is 0 Å². The van der Waals surface area contributed by atoms with E-state index in [0.717, 1.165) is 6.92 Å². The fourth-order valence-corrected chi connectivity index (χ4v) is 0.476.